The molecule has 2 aliphatic heterocycles. The summed E-state index contributed by atoms with van der Waals surface area (Å²) in [7, 11) is 3.20. The van der Waals surface area contributed by atoms with Gasteiger partial charge in [-0.05, 0) is 68.1 Å². The minimum Gasteiger partial charge on any atom is -0.497 e. The summed E-state index contributed by atoms with van der Waals surface area (Å²) in [6.45, 7) is 2.01. The van der Waals surface area contributed by atoms with Crippen LogP contribution in [0.2, 0.25) is 0 Å². The van der Waals surface area contributed by atoms with E-state index in [2.05, 4.69) is 34.3 Å². The molecule has 0 saturated carbocycles. The highest BCUT2D eigenvalue weighted by atomic mass is 19.1. The molecule has 1 fully saturated rings. The summed E-state index contributed by atoms with van der Waals surface area (Å²) in [6.07, 6.45) is 3.57. The predicted octanol–water partition coefficient (Wildman–Crippen LogP) is 5.48. The van der Waals surface area contributed by atoms with Crippen LogP contribution >= 0.6 is 0 Å². The van der Waals surface area contributed by atoms with Gasteiger partial charge in [0.25, 0.3) is 5.91 Å². The molecule has 0 aromatic heterocycles. The average molecular weight is 516 g/mol. The number of amides is 1. The molecule has 0 radical (unpaired) electrons. The zero-order valence-corrected chi connectivity index (χ0v) is 22.0. The number of methoxy groups -OCH3 is 2. The van der Waals surface area contributed by atoms with Crippen LogP contribution in [0.3, 0.4) is 0 Å². The number of carbonyl (C=O) groups excluding carboxylic acids is 1. The van der Waals surface area contributed by atoms with E-state index in [0.717, 1.165) is 37.9 Å². The number of halogens is 1. The Morgan fingerprint density at radius 2 is 1.71 bits per heavy atom. The number of rotatable bonds is 8. The Morgan fingerprint density at radius 3 is 2.42 bits per heavy atom. The largest absolute Gasteiger partial charge is 0.497 e. The van der Waals surface area contributed by atoms with Crippen molar-refractivity contribution in [1.82, 2.24) is 9.91 Å². The zero-order valence-electron chi connectivity index (χ0n) is 22.0. The Kier molecular flexibility index (Phi) is 8.03. The lowest BCUT2D eigenvalue weighted by Crippen LogP contribution is -2.42. The van der Waals surface area contributed by atoms with E-state index in [4.69, 9.17) is 9.47 Å². The Bertz CT molecular complexity index is 1290. The molecule has 38 heavy (non-hydrogen) atoms. The fourth-order valence-electron chi connectivity index (χ4n) is 5.50. The van der Waals surface area contributed by atoms with Crippen molar-refractivity contribution < 1.29 is 18.7 Å². The fraction of sp³-hybridized carbons (Fsp3) is 0.355. The third kappa shape index (κ3) is 5.73. The summed E-state index contributed by atoms with van der Waals surface area (Å²) in [4.78, 5) is 15.9. The molecule has 0 N–H and O–H groups in total. The van der Waals surface area contributed by atoms with Crippen LogP contribution in [0.4, 0.5) is 4.39 Å². The minimum absolute atomic E-state index is 0.104. The van der Waals surface area contributed by atoms with Crippen molar-refractivity contribution in [2.45, 2.75) is 31.7 Å². The molecular formula is C31H34FN3O3. The van der Waals surface area contributed by atoms with Crippen LogP contribution in [0.25, 0.3) is 0 Å². The van der Waals surface area contributed by atoms with Crippen LogP contribution in [0.15, 0.2) is 77.9 Å². The number of hydrazone groups is 1. The third-order valence-corrected chi connectivity index (χ3v) is 7.58. The monoisotopic (exact) mass is 515 g/mol. The van der Waals surface area contributed by atoms with Gasteiger partial charge >= 0.3 is 0 Å². The normalized spacial score (nSPS) is 18.3. The molecule has 1 atom stereocenters. The van der Waals surface area contributed by atoms with E-state index in [1.54, 1.807) is 32.4 Å². The van der Waals surface area contributed by atoms with Gasteiger partial charge in [-0.3, -0.25) is 9.69 Å². The maximum Gasteiger partial charge on any atom is 0.257 e. The molecule has 2 heterocycles. The highest BCUT2D eigenvalue weighted by molar-refractivity contribution is 6.03. The first-order valence-electron chi connectivity index (χ1n) is 13.2. The second kappa shape index (κ2) is 11.8. The molecule has 3 aromatic rings. The van der Waals surface area contributed by atoms with Crippen LogP contribution in [0.5, 0.6) is 11.5 Å². The standard InChI is InChI=1S/C31H34FN3O3/c1-37-24-12-13-30(38-2)26(19-24)29-20-28(25-10-6-7-11-27(25)32)33-35(29)31(36)21-34-16-14-23(15-17-34)18-22-8-4-3-5-9-22/h3-13,19,23,29H,14-18,20-21H2,1-2H3/t29-/m0/s1. The number of likely N-dealkylation sites (tertiary alicyclic amines) is 1. The van der Waals surface area contributed by atoms with Crippen molar-refractivity contribution in [2.75, 3.05) is 33.9 Å². The first-order valence-corrected chi connectivity index (χ1v) is 13.2. The Morgan fingerprint density at radius 1 is 0.974 bits per heavy atom. The van der Waals surface area contributed by atoms with Crippen molar-refractivity contribution in [3.63, 3.8) is 0 Å². The number of hydrogen-bond donors (Lipinski definition) is 0. The Hall–Kier alpha value is -3.71. The lowest BCUT2D eigenvalue weighted by molar-refractivity contribution is -0.134. The molecule has 1 saturated heterocycles. The molecule has 1 amide bonds. The van der Waals surface area contributed by atoms with Crippen molar-refractivity contribution in [3.8, 4) is 11.5 Å². The van der Waals surface area contributed by atoms with Gasteiger partial charge in [0.2, 0.25) is 0 Å². The fourth-order valence-corrected chi connectivity index (χ4v) is 5.50. The first kappa shape index (κ1) is 25.9. The number of piperidine rings is 1. The van der Waals surface area contributed by atoms with Gasteiger partial charge in [-0.2, -0.15) is 5.10 Å². The highest BCUT2D eigenvalue weighted by Crippen LogP contribution is 2.39. The molecule has 0 bridgehead atoms. The molecular weight excluding hydrogens is 481 g/mol. The van der Waals surface area contributed by atoms with Gasteiger partial charge in [-0.15, -0.1) is 0 Å². The summed E-state index contributed by atoms with van der Waals surface area (Å²) < 4.78 is 25.8. The van der Waals surface area contributed by atoms with Gasteiger partial charge in [-0.1, -0.05) is 48.5 Å². The average Bonchev–Trinajstić information content (AvgIpc) is 3.40. The van der Waals surface area contributed by atoms with Gasteiger partial charge in [-0.25, -0.2) is 9.40 Å². The van der Waals surface area contributed by atoms with Gasteiger partial charge in [0.05, 0.1) is 32.5 Å². The number of nitrogens with zero attached hydrogens (tertiary/aromatic N) is 3. The molecule has 5 rings (SSSR count). The summed E-state index contributed by atoms with van der Waals surface area (Å²) >= 11 is 0. The quantitative estimate of drug-likeness (QED) is 0.399. The van der Waals surface area contributed by atoms with E-state index >= 15 is 0 Å². The van der Waals surface area contributed by atoms with Crippen LogP contribution < -0.4 is 9.47 Å². The molecule has 0 unspecified atom stereocenters. The van der Waals surface area contributed by atoms with Gasteiger partial charge in [0.1, 0.15) is 17.3 Å². The summed E-state index contributed by atoms with van der Waals surface area (Å²) in [5.74, 6) is 1.47. The van der Waals surface area contributed by atoms with Crippen molar-refractivity contribution in [3.05, 3.63) is 95.3 Å². The van der Waals surface area contributed by atoms with E-state index in [9.17, 15) is 9.18 Å². The molecule has 7 heteroatoms. The van der Waals surface area contributed by atoms with Gasteiger partial charge in [0.15, 0.2) is 0 Å². The Labute approximate surface area is 223 Å². The van der Waals surface area contributed by atoms with Crippen molar-refractivity contribution in [2.24, 2.45) is 11.0 Å². The lowest BCUT2D eigenvalue weighted by Gasteiger charge is -2.33. The zero-order chi connectivity index (χ0) is 26.5. The topological polar surface area (TPSA) is 54.4 Å². The van der Waals surface area contributed by atoms with E-state index in [1.165, 1.54) is 16.6 Å². The predicted molar refractivity (Wildman–Crippen MR) is 146 cm³/mol. The summed E-state index contributed by atoms with van der Waals surface area (Å²) in [5, 5.41) is 6.20. The maximum absolute atomic E-state index is 14.7. The maximum atomic E-state index is 14.7. The SMILES string of the molecule is COc1ccc(OC)c([C@@H]2CC(c3ccccc3F)=NN2C(=O)CN2CCC(Cc3ccccc3)CC2)c1. The Balaban J connectivity index is 1.34. The highest BCUT2D eigenvalue weighted by Gasteiger charge is 2.36. The number of carbonyl (C=O) groups is 1. The van der Waals surface area contributed by atoms with Crippen molar-refractivity contribution >= 4 is 11.6 Å². The summed E-state index contributed by atoms with van der Waals surface area (Å²) in [6, 6.07) is 22.3. The lowest BCUT2D eigenvalue weighted by atomic mass is 9.90. The minimum atomic E-state index is -0.419. The van der Waals surface area contributed by atoms with Crippen molar-refractivity contribution in [1.29, 1.82) is 0 Å². The van der Waals surface area contributed by atoms with Crippen LogP contribution in [0.1, 0.15) is 42.0 Å². The molecule has 2 aliphatic rings. The van der Waals surface area contributed by atoms with Gasteiger partial charge < -0.3 is 9.47 Å². The smallest absolute Gasteiger partial charge is 0.257 e. The van der Waals surface area contributed by atoms with Gasteiger partial charge in [0, 0.05) is 17.5 Å². The van der Waals surface area contributed by atoms with Crippen LogP contribution in [-0.4, -0.2) is 55.4 Å². The molecule has 0 aliphatic carbocycles. The molecule has 198 valence electrons. The molecule has 0 spiro atoms. The van der Waals surface area contributed by atoms with E-state index in [-0.39, 0.29) is 18.3 Å². The second-order valence-electron chi connectivity index (χ2n) is 10.0. The number of ether oxygens (including phenoxy) is 2. The summed E-state index contributed by atoms with van der Waals surface area (Å²) in [5.41, 5.74) is 3.12. The third-order valence-electron chi connectivity index (χ3n) is 7.58. The van der Waals surface area contributed by atoms with E-state index in [1.807, 2.05) is 24.3 Å². The van der Waals surface area contributed by atoms with Crippen LogP contribution in [0, 0.1) is 11.7 Å². The first-order chi connectivity index (χ1) is 18.6. The molecule has 3 aromatic carbocycles. The second-order valence-corrected chi connectivity index (χ2v) is 10.0. The van der Waals surface area contributed by atoms with E-state index in [0.29, 0.717) is 35.1 Å². The molecule has 6 nitrogen and oxygen atoms in total. The number of hydrogen-bond acceptors (Lipinski definition) is 5. The van der Waals surface area contributed by atoms with E-state index < -0.39 is 6.04 Å². The van der Waals surface area contributed by atoms with Crippen LogP contribution in [-0.2, 0) is 11.2 Å². The number of benzene rings is 3.